The van der Waals surface area contributed by atoms with Gasteiger partial charge in [-0.05, 0) is 50.0 Å². The van der Waals surface area contributed by atoms with E-state index in [1.165, 1.54) is 24.4 Å². The summed E-state index contributed by atoms with van der Waals surface area (Å²) in [7, 11) is 2.01. The first-order chi connectivity index (χ1) is 22.5. The third-order valence-corrected chi connectivity index (χ3v) is 10.6. The van der Waals surface area contributed by atoms with E-state index in [0.29, 0.717) is 66.1 Å². The summed E-state index contributed by atoms with van der Waals surface area (Å²) in [6.45, 7) is 4.74. The van der Waals surface area contributed by atoms with E-state index in [2.05, 4.69) is 20.8 Å². The highest BCUT2D eigenvalue weighted by Crippen LogP contribution is 2.64. The summed E-state index contributed by atoms with van der Waals surface area (Å²) in [6, 6.07) is 5.86. The monoisotopic (exact) mass is 640 g/mol. The van der Waals surface area contributed by atoms with Crippen molar-refractivity contribution < 1.29 is 27.2 Å². The van der Waals surface area contributed by atoms with E-state index in [0.717, 1.165) is 18.7 Å². The minimum Gasteiger partial charge on any atom is -0.444 e. The average Bonchev–Trinajstić information content (AvgIpc) is 3.93. The Kier molecular flexibility index (Phi) is 6.62. The summed E-state index contributed by atoms with van der Waals surface area (Å²) in [4.78, 5) is 16.0. The van der Waals surface area contributed by atoms with Gasteiger partial charge in [-0.2, -0.15) is 4.98 Å². The summed E-state index contributed by atoms with van der Waals surface area (Å²) >= 11 is 0. The molecule has 0 amide bonds. The maximum absolute atomic E-state index is 16.9. The fourth-order valence-corrected chi connectivity index (χ4v) is 7.80. The van der Waals surface area contributed by atoms with Crippen LogP contribution < -0.4 is 10.5 Å². The molecule has 12 heteroatoms. The normalized spacial score (nSPS) is 27.2. The van der Waals surface area contributed by atoms with Gasteiger partial charge in [0.05, 0.1) is 30.4 Å². The Morgan fingerprint density at radius 2 is 2.09 bits per heavy atom. The first-order valence-corrected chi connectivity index (χ1v) is 15.7. The Bertz CT molecular complexity index is 2110. The number of nitrogens with one attached hydrogen (secondary N) is 1. The first-order valence-electron chi connectivity index (χ1n) is 15.7. The Labute approximate surface area is 269 Å². The highest BCUT2D eigenvalue weighted by atomic mass is 19.1. The Morgan fingerprint density at radius 1 is 1.28 bits per heavy atom. The lowest BCUT2D eigenvalue weighted by molar-refractivity contribution is -0.442. The van der Waals surface area contributed by atoms with E-state index >= 15 is 4.39 Å². The molecular weight excluding hydrogens is 607 g/mol. The molecule has 4 atom stereocenters. The van der Waals surface area contributed by atoms with Crippen LogP contribution in [0.2, 0.25) is 0 Å². The fraction of sp³-hybridized carbons (Fsp3) is 0.400. The molecule has 0 radical (unpaired) electrons. The Balaban J connectivity index is 1.31. The third-order valence-electron chi connectivity index (χ3n) is 10.6. The molecule has 2 aromatic carbocycles. The summed E-state index contributed by atoms with van der Waals surface area (Å²) in [6.07, 6.45) is 7.48. The number of alkyl halides is 1. The van der Waals surface area contributed by atoms with Gasteiger partial charge in [-0.15, -0.1) is 6.42 Å². The van der Waals surface area contributed by atoms with Gasteiger partial charge in [0.15, 0.2) is 5.82 Å². The van der Waals surface area contributed by atoms with Crippen molar-refractivity contribution in [2.24, 2.45) is 16.7 Å². The van der Waals surface area contributed by atoms with Crippen LogP contribution in [-0.4, -0.2) is 88.5 Å². The van der Waals surface area contributed by atoms with Gasteiger partial charge in [-0.1, -0.05) is 18.9 Å². The largest absolute Gasteiger partial charge is 0.444 e. The quantitative estimate of drug-likeness (QED) is 0.181. The van der Waals surface area contributed by atoms with E-state index in [1.54, 1.807) is 6.07 Å². The lowest BCUT2D eigenvalue weighted by atomic mass is 9.69. The molecular formula is C35H33F3N7O2+. The van der Waals surface area contributed by atoms with Crippen molar-refractivity contribution in [2.75, 3.05) is 52.2 Å². The van der Waals surface area contributed by atoms with Gasteiger partial charge in [0.2, 0.25) is 0 Å². The Morgan fingerprint density at radius 3 is 2.85 bits per heavy atom. The minimum absolute atomic E-state index is 0.0312. The number of benzene rings is 2. The molecule has 3 N–H and O–H groups in total. The number of hydrogen-bond donors (Lipinski definition) is 2. The van der Waals surface area contributed by atoms with Crippen LogP contribution in [0.1, 0.15) is 25.3 Å². The molecule has 2 aromatic heterocycles. The fourth-order valence-electron chi connectivity index (χ4n) is 7.80. The predicted octanol–water partition coefficient (Wildman–Crippen LogP) is 4.90. The smallest absolute Gasteiger partial charge is 0.434 e. The first kappa shape index (κ1) is 29.8. The number of nitrogens with two attached hydrogens (primary N) is 1. The second-order valence-electron chi connectivity index (χ2n) is 13.5. The molecule has 3 fully saturated rings. The van der Waals surface area contributed by atoms with E-state index < -0.39 is 28.6 Å². The lowest BCUT2D eigenvalue weighted by Gasteiger charge is -2.45. The number of hydrogen-bond acceptors (Lipinski definition) is 8. The summed E-state index contributed by atoms with van der Waals surface area (Å²) in [5.41, 5.74) is 6.70. The maximum Gasteiger partial charge on any atom is 0.434 e. The molecule has 8 rings (SSSR count). The molecule has 2 saturated carbocycles. The van der Waals surface area contributed by atoms with Gasteiger partial charge in [-0.3, -0.25) is 4.98 Å². The van der Waals surface area contributed by atoms with Crippen LogP contribution >= 0.6 is 0 Å². The molecule has 4 heterocycles. The number of nitrogens with zero attached hydrogens (tertiary/aromatic N) is 5. The zero-order valence-corrected chi connectivity index (χ0v) is 26.0. The lowest BCUT2D eigenvalue weighted by Crippen LogP contribution is -2.51. The van der Waals surface area contributed by atoms with Crippen LogP contribution in [0.15, 0.2) is 30.5 Å². The third kappa shape index (κ3) is 4.51. The second-order valence-corrected chi connectivity index (χ2v) is 13.5. The highest BCUT2D eigenvalue weighted by molar-refractivity contribution is 6.62. The number of nitrogen functional groups attached to an aromatic ring is 1. The molecule has 2 aliphatic carbocycles. The zero-order chi connectivity index (χ0) is 32.8. The number of anilines is 1. The Hall–Kier alpha value is -4.60. The topological polar surface area (TPSA) is 113 Å². The van der Waals surface area contributed by atoms with Crippen LogP contribution in [0.25, 0.3) is 32.9 Å². The molecule has 4 aromatic rings. The average molecular weight is 641 g/mol. The number of ether oxygens (including phenoxy) is 2. The van der Waals surface area contributed by atoms with Crippen LogP contribution in [0, 0.1) is 46.1 Å². The van der Waals surface area contributed by atoms with Crippen LogP contribution in [0.3, 0.4) is 0 Å². The maximum atomic E-state index is 16.9. The number of likely N-dealkylation sites (tertiary alicyclic amines) is 1. The number of pyridine rings is 1. The van der Waals surface area contributed by atoms with Crippen molar-refractivity contribution in [3.8, 4) is 29.6 Å². The predicted molar refractivity (Wildman–Crippen MR) is 172 cm³/mol. The SMILES string of the molecule is C#Cc1c(F)ccc2cc(N)cc(-c3ncc4c([N+]5=C6C(=N)[C@@H]6COCC5)nc(OC[C@]5(C)CN(C)CC[C@]56C[C@@H]6F)nc4c3F)c12. The van der Waals surface area contributed by atoms with Crippen LogP contribution in [0.5, 0.6) is 6.01 Å². The van der Waals surface area contributed by atoms with Crippen molar-refractivity contribution >= 4 is 44.6 Å². The van der Waals surface area contributed by atoms with Gasteiger partial charge in [-0.25, -0.2) is 17.7 Å². The van der Waals surface area contributed by atoms with E-state index in [9.17, 15) is 8.78 Å². The number of terminal acetylenes is 1. The highest BCUT2D eigenvalue weighted by Gasteiger charge is 2.67. The number of piperidine rings is 1. The molecule has 4 aliphatic rings. The number of aromatic nitrogens is 3. The number of halogens is 3. The van der Waals surface area contributed by atoms with Crippen LogP contribution in [-0.2, 0) is 4.74 Å². The summed E-state index contributed by atoms with van der Waals surface area (Å²) < 4.78 is 60.5. The van der Waals surface area contributed by atoms with Crippen molar-refractivity contribution in [1.82, 2.24) is 19.9 Å². The van der Waals surface area contributed by atoms with Crippen molar-refractivity contribution in [1.29, 1.82) is 5.41 Å². The summed E-state index contributed by atoms with van der Waals surface area (Å²) in [5, 5.41) is 9.59. The van der Waals surface area contributed by atoms with Gasteiger partial charge >= 0.3 is 11.8 Å². The standard InChI is InChI=1S/C35H33F3N7O2/c1-4-20-24(36)6-5-18-11-19(39)12-21(26(18)20)29-27(38)30-22(14-41-29)32(45-9-10-46-15-23-28(40)31(23)45)43-33(42-30)47-17-34(2)16-44(3)8-7-35(34)13-25(35)37/h1,5-6,11-12,14,23,25,40H,7-10,13,15-17,39H2,2-3H3/q+1/t23-,25-,34-,35+/m0/s1. The van der Waals surface area contributed by atoms with Gasteiger partial charge in [0, 0.05) is 45.2 Å². The second kappa shape index (κ2) is 10.5. The van der Waals surface area contributed by atoms with Gasteiger partial charge < -0.3 is 25.5 Å². The number of rotatable bonds is 5. The van der Waals surface area contributed by atoms with Gasteiger partial charge in [0.25, 0.3) is 0 Å². The molecule has 47 heavy (non-hydrogen) atoms. The number of fused-ring (bicyclic) bond motifs is 3. The molecule has 1 spiro atoms. The molecule has 0 bridgehead atoms. The van der Waals surface area contributed by atoms with Crippen molar-refractivity contribution in [3.63, 3.8) is 0 Å². The molecule has 9 nitrogen and oxygen atoms in total. The molecule has 240 valence electrons. The van der Waals surface area contributed by atoms with E-state index in [4.69, 9.17) is 32.0 Å². The van der Waals surface area contributed by atoms with Crippen LogP contribution in [0.4, 0.5) is 24.7 Å². The summed E-state index contributed by atoms with van der Waals surface area (Å²) in [5.74, 6) is 1.13. The van der Waals surface area contributed by atoms with E-state index in [-0.39, 0.29) is 40.9 Å². The molecule has 2 aliphatic heterocycles. The zero-order valence-electron chi connectivity index (χ0n) is 26.0. The minimum atomic E-state index is -0.902. The van der Waals surface area contributed by atoms with Gasteiger partial charge in [0.1, 0.15) is 47.4 Å². The molecule has 1 saturated heterocycles. The van der Waals surface area contributed by atoms with Crippen molar-refractivity contribution in [2.45, 2.75) is 25.9 Å². The van der Waals surface area contributed by atoms with E-state index in [1.807, 2.05) is 18.5 Å². The molecule has 0 unspecified atom stereocenters. The van der Waals surface area contributed by atoms with Crippen molar-refractivity contribution in [3.05, 3.63) is 47.7 Å².